The smallest absolute Gasteiger partial charge is 0.246 e. The molecule has 45 heavy (non-hydrogen) atoms. The molecule has 0 aromatic heterocycles. The lowest BCUT2D eigenvalue weighted by atomic mass is 9.92. The van der Waals surface area contributed by atoms with Crippen LogP contribution in [-0.4, -0.2) is 83.8 Å². The summed E-state index contributed by atoms with van der Waals surface area (Å²) in [6, 6.07) is -1.67. The highest BCUT2D eigenvalue weighted by molar-refractivity contribution is 5.82. The Balaban J connectivity index is 2.22. The molecular weight excluding hydrogens is 568 g/mol. The zero-order valence-electron chi connectivity index (χ0n) is 27.9. The Labute approximate surface area is 270 Å². The quantitative estimate of drug-likeness (QED) is 0.102. The lowest BCUT2D eigenvalue weighted by Gasteiger charge is -2.33. The van der Waals surface area contributed by atoms with Crippen LogP contribution in [0.5, 0.6) is 0 Å². The fourth-order valence-corrected chi connectivity index (χ4v) is 5.73. The molecule has 0 aromatic rings. The molecule has 2 aliphatic rings. The molecule has 0 aromatic carbocycles. The van der Waals surface area contributed by atoms with Gasteiger partial charge in [0, 0.05) is 12.0 Å². The summed E-state index contributed by atoms with van der Waals surface area (Å²) < 4.78 is 5.99. The number of amides is 2. The Kier molecular flexibility index (Phi) is 17.0. The van der Waals surface area contributed by atoms with Gasteiger partial charge in [-0.15, -0.1) is 0 Å². The normalized spacial score (nSPS) is 21.4. The highest BCUT2D eigenvalue weighted by atomic mass is 16.5. The first kappa shape index (κ1) is 38.1. The third-order valence-electron chi connectivity index (χ3n) is 8.23. The molecule has 2 rings (SSSR count). The predicted molar refractivity (Wildman–Crippen MR) is 182 cm³/mol. The number of likely N-dealkylation sites (N-methyl/N-ethyl adjacent to an activating group) is 1. The lowest BCUT2D eigenvalue weighted by Crippen LogP contribution is -2.56. The number of allylic oxidation sites excluding steroid dienone is 8. The molecule has 2 amide bonds. The van der Waals surface area contributed by atoms with Crippen LogP contribution < -0.4 is 16.0 Å². The van der Waals surface area contributed by atoms with Crippen LogP contribution in [0.4, 0.5) is 0 Å². The van der Waals surface area contributed by atoms with E-state index in [1.165, 1.54) is 0 Å². The fourth-order valence-electron chi connectivity index (χ4n) is 5.73. The number of nitrogens with one attached hydrogen (secondary N) is 3. The number of hydrogen-bond acceptors (Lipinski definition) is 7. The summed E-state index contributed by atoms with van der Waals surface area (Å²) in [5.41, 5.74) is 2.85. The van der Waals surface area contributed by atoms with Gasteiger partial charge in [0.2, 0.25) is 11.8 Å². The Morgan fingerprint density at radius 2 is 1.98 bits per heavy atom. The van der Waals surface area contributed by atoms with Gasteiger partial charge in [0.05, 0.1) is 24.3 Å². The first-order valence-corrected chi connectivity index (χ1v) is 16.2. The number of rotatable bonds is 20. The molecule has 0 heterocycles. The lowest BCUT2D eigenvalue weighted by molar-refractivity contribution is -0.133. The number of carbonyl (C=O) groups is 2. The molecule has 0 saturated heterocycles. The van der Waals surface area contributed by atoms with Crippen molar-refractivity contribution in [1.82, 2.24) is 20.9 Å². The third kappa shape index (κ3) is 13.0. The van der Waals surface area contributed by atoms with Crippen molar-refractivity contribution in [2.75, 3.05) is 20.2 Å². The summed E-state index contributed by atoms with van der Waals surface area (Å²) in [6.07, 6.45) is 18.8. The van der Waals surface area contributed by atoms with Crippen LogP contribution in [0.15, 0.2) is 84.6 Å². The Morgan fingerprint density at radius 3 is 2.60 bits per heavy atom. The van der Waals surface area contributed by atoms with Gasteiger partial charge in [0.15, 0.2) is 6.35 Å². The van der Waals surface area contributed by atoms with Crippen LogP contribution in [0.3, 0.4) is 0 Å². The number of ether oxygens (including phenoxy) is 1. The largest absolute Gasteiger partial charge is 0.391 e. The first-order valence-electron chi connectivity index (χ1n) is 16.2. The standard InChI is InChI=1S/C36H56N4O5/c1-8-11-16-25(4)21-30(39-33(42)24-45-34-26(5)17-15-18-27(34)6)32(41)23-29(22-28-19-13-12-14-20-28)38-35(43)31(9-2)40(7)36(44)37-10-3/h8,11,13,15-20,26,29-32,34,36-37,41,44H,1,4,9-10,12,14,21-24H2,2-3,5-7H3,(H,38,43)(H,39,42)/b16-11-/t26?,29-,30-,31?,32-,34?,36?/m0/s1. The zero-order chi connectivity index (χ0) is 33.4. The molecule has 0 radical (unpaired) electrons. The van der Waals surface area contributed by atoms with Gasteiger partial charge in [0.1, 0.15) is 6.61 Å². The minimum atomic E-state index is -0.996. The predicted octanol–water partition coefficient (Wildman–Crippen LogP) is 4.20. The van der Waals surface area contributed by atoms with Crippen molar-refractivity contribution in [1.29, 1.82) is 0 Å². The maximum Gasteiger partial charge on any atom is 0.246 e. The van der Waals surface area contributed by atoms with Crippen molar-refractivity contribution < 1.29 is 24.5 Å². The van der Waals surface area contributed by atoms with Crippen LogP contribution in [-0.2, 0) is 14.3 Å². The number of carbonyl (C=O) groups excluding carboxylic acids is 2. The van der Waals surface area contributed by atoms with Crippen molar-refractivity contribution in [2.45, 2.75) is 103 Å². The van der Waals surface area contributed by atoms with E-state index in [1.807, 2.05) is 45.9 Å². The van der Waals surface area contributed by atoms with E-state index in [0.717, 1.165) is 24.0 Å². The molecule has 4 unspecified atom stereocenters. The number of hydrogen-bond donors (Lipinski definition) is 5. The molecule has 250 valence electrons. The maximum atomic E-state index is 13.6. The molecule has 0 bridgehead atoms. The topological polar surface area (TPSA) is 123 Å². The second-order valence-corrected chi connectivity index (χ2v) is 12.0. The summed E-state index contributed by atoms with van der Waals surface area (Å²) in [4.78, 5) is 28.3. The third-order valence-corrected chi connectivity index (χ3v) is 8.23. The van der Waals surface area contributed by atoms with Gasteiger partial charge in [-0.2, -0.15) is 0 Å². The molecule has 0 spiro atoms. The van der Waals surface area contributed by atoms with Crippen molar-refractivity contribution >= 4 is 11.8 Å². The summed E-state index contributed by atoms with van der Waals surface area (Å²) in [5, 5.41) is 31.1. The molecule has 5 N–H and O–H groups in total. The van der Waals surface area contributed by atoms with Crippen molar-refractivity contribution in [3.05, 3.63) is 84.6 Å². The second kappa shape index (κ2) is 20.1. The highest BCUT2D eigenvalue weighted by Crippen LogP contribution is 2.23. The van der Waals surface area contributed by atoms with E-state index in [1.54, 1.807) is 30.2 Å². The highest BCUT2D eigenvalue weighted by Gasteiger charge is 2.31. The molecule has 0 saturated carbocycles. The van der Waals surface area contributed by atoms with E-state index < -0.39 is 30.6 Å². The summed E-state index contributed by atoms with van der Waals surface area (Å²) >= 11 is 0. The van der Waals surface area contributed by atoms with Crippen LogP contribution in [0.1, 0.15) is 66.2 Å². The van der Waals surface area contributed by atoms with Crippen LogP contribution >= 0.6 is 0 Å². The molecule has 9 nitrogen and oxygen atoms in total. The second-order valence-electron chi connectivity index (χ2n) is 12.0. The molecule has 2 aliphatic carbocycles. The van der Waals surface area contributed by atoms with Crippen molar-refractivity contribution in [2.24, 2.45) is 5.92 Å². The van der Waals surface area contributed by atoms with E-state index in [4.69, 9.17) is 4.74 Å². The van der Waals surface area contributed by atoms with Gasteiger partial charge >= 0.3 is 0 Å². The fraction of sp³-hybridized carbons (Fsp3) is 0.556. The van der Waals surface area contributed by atoms with Crippen LogP contribution in [0.25, 0.3) is 0 Å². The van der Waals surface area contributed by atoms with Gasteiger partial charge in [-0.3, -0.25) is 19.8 Å². The van der Waals surface area contributed by atoms with Crippen molar-refractivity contribution in [3.63, 3.8) is 0 Å². The van der Waals surface area contributed by atoms with Crippen LogP contribution in [0.2, 0.25) is 0 Å². The molecule has 0 fully saturated rings. The molecule has 0 aliphatic heterocycles. The van der Waals surface area contributed by atoms with E-state index in [2.05, 4.69) is 47.3 Å². The minimum absolute atomic E-state index is 0.144. The van der Waals surface area contributed by atoms with Gasteiger partial charge in [0.25, 0.3) is 0 Å². The van der Waals surface area contributed by atoms with E-state index >= 15 is 0 Å². The summed E-state index contributed by atoms with van der Waals surface area (Å²) in [6.45, 7) is 16.0. The maximum absolute atomic E-state index is 13.6. The number of aliphatic hydroxyl groups excluding tert-OH is 2. The number of aliphatic hydroxyl groups is 2. The van der Waals surface area contributed by atoms with Crippen LogP contribution in [0, 0.1) is 5.92 Å². The summed E-state index contributed by atoms with van der Waals surface area (Å²) in [7, 11) is 1.70. The Morgan fingerprint density at radius 1 is 1.22 bits per heavy atom. The Hall–Kier alpha value is -3.08. The average molecular weight is 625 g/mol. The SMILES string of the molecule is C=C/C=C\C(=C)C[C@H](NC(=O)COC1C(C)=CC=CC1C)[C@@H](O)C[C@H](CC1=CCCC=C1)NC(=O)C(CC)N(C)C(O)NCC. The Bertz CT molecular complexity index is 1140. The molecular formula is C36H56N4O5. The molecule has 9 heteroatoms. The summed E-state index contributed by atoms with van der Waals surface area (Å²) in [5.74, 6) is -0.427. The zero-order valence-corrected chi connectivity index (χ0v) is 27.9. The minimum Gasteiger partial charge on any atom is -0.391 e. The van der Waals surface area contributed by atoms with Gasteiger partial charge < -0.3 is 25.6 Å². The van der Waals surface area contributed by atoms with E-state index in [0.29, 0.717) is 31.4 Å². The van der Waals surface area contributed by atoms with Gasteiger partial charge in [-0.25, -0.2) is 0 Å². The first-order chi connectivity index (χ1) is 21.5. The average Bonchev–Trinajstić information content (AvgIpc) is 3.00. The van der Waals surface area contributed by atoms with E-state index in [9.17, 15) is 19.8 Å². The van der Waals surface area contributed by atoms with E-state index in [-0.39, 0.29) is 36.9 Å². The number of nitrogens with zero attached hydrogens (tertiary/aromatic N) is 1. The van der Waals surface area contributed by atoms with Crippen molar-refractivity contribution in [3.8, 4) is 0 Å². The van der Waals surface area contributed by atoms with Gasteiger partial charge in [-0.05, 0) is 64.6 Å². The monoisotopic (exact) mass is 624 g/mol. The molecule has 7 atom stereocenters. The van der Waals surface area contributed by atoms with Gasteiger partial charge in [-0.1, -0.05) is 99.8 Å².